The molecule has 0 bridgehead atoms. The van der Waals surface area contributed by atoms with E-state index in [4.69, 9.17) is 0 Å². The Balaban J connectivity index is 1.66. The van der Waals surface area contributed by atoms with Gasteiger partial charge in [0.25, 0.3) is 10.2 Å². The minimum absolute atomic E-state index is 0.0736. The topological polar surface area (TPSA) is 75.5 Å². The molecule has 1 aliphatic rings. The van der Waals surface area contributed by atoms with Crippen LogP contribution in [0.5, 0.6) is 0 Å². The van der Waals surface area contributed by atoms with E-state index in [1.807, 2.05) is 28.8 Å². The Morgan fingerprint density at radius 2 is 2.10 bits per heavy atom. The maximum Gasteiger partial charge on any atom is 0.277 e. The SMILES string of the molecule is O=S(=O)(NCc1ncc2ccccn12)NC1CCCC1. The number of nitrogens with zero attached hydrogens (tertiary/aromatic N) is 2. The Morgan fingerprint density at radius 1 is 1.30 bits per heavy atom. The molecular weight excluding hydrogens is 276 g/mol. The van der Waals surface area contributed by atoms with E-state index >= 15 is 0 Å². The Bertz CT molecular complexity index is 689. The second kappa shape index (κ2) is 5.51. The van der Waals surface area contributed by atoms with Gasteiger partial charge in [-0.05, 0) is 25.0 Å². The van der Waals surface area contributed by atoms with Crippen LogP contribution in [0.2, 0.25) is 0 Å². The van der Waals surface area contributed by atoms with Gasteiger partial charge in [0.2, 0.25) is 0 Å². The Morgan fingerprint density at radius 3 is 2.90 bits per heavy atom. The highest BCUT2D eigenvalue weighted by Gasteiger charge is 2.21. The number of pyridine rings is 1. The third-order valence-electron chi connectivity index (χ3n) is 3.61. The van der Waals surface area contributed by atoms with Crippen LogP contribution in [-0.2, 0) is 16.8 Å². The first-order valence-corrected chi connectivity index (χ1v) is 8.30. The van der Waals surface area contributed by atoms with Crippen molar-refractivity contribution < 1.29 is 8.42 Å². The molecule has 2 heterocycles. The predicted octanol–water partition coefficient (Wildman–Crippen LogP) is 1.20. The van der Waals surface area contributed by atoms with Gasteiger partial charge >= 0.3 is 0 Å². The standard InChI is InChI=1S/C13H18N4O2S/c18-20(19,16-11-5-1-2-6-11)15-10-13-14-9-12-7-3-4-8-17(12)13/h3-4,7-9,11,15-16H,1-2,5-6,10H2. The maximum absolute atomic E-state index is 12.0. The van der Waals surface area contributed by atoms with Crippen LogP contribution in [0.3, 0.4) is 0 Å². The van der Waals surface area contributed by atoms with E-state index in [9.17, 15) is 8.42 Å². The fourth-order valence-corrected chi connectivity index (χ4v) is 3.67. The lowest BCUT2D eigenvalue weighted by Gasteiger charge is -2.12. The summed E-state index contributed by atoms with van der Waals surface area (Å²) in [6.07, 6.45) is 7.64. The third kappa shape index (κ3) is 3.00. The molecule has 0 radical (unpaired) electrons. The zero-order valence-corrected chi connectivity index (χ0v) is 11.9. The normalized spacial score (nSPS) is 17.0. The van der Waals surface area contributed by atoms with Gasteiger partial charge in [0.05, 0.1) is 18.3 Å². The summed E-state index contributed by atoms with van der Waals surface area (Å²) in [7, 11) is -3.46. The second-order valence-electron chi connectivity index (χ2n) is 5.09. The minimum atomic E-state index is -3.46. The average Bonchev–Trinajstić information content (AvgIpc) is 3.05. The lowest BCUT2D eigenvalue weighted by Crippen LogP contribution is -2.41. The molecule has 0 unspecified atom stereocenters. The van der Waals surface area contributed by atoms with Gasteiger partial charge in [-0.3, -0.25) is 0 Å². The van der Waals surface area contributed by atoms with Crippen molar-refractivity contribution in [3.63, 3.8) is 0 Å². The molecule has 1 fully saturated rings. The van der Waals surface area contributed by atoms with Crippen molar-refractivity contribution in [1.82, 2.24) is 18.8 Å². The molecule has 108 valence electrons. The third-order valence-corrected chi connectivity index (χ3v) is 4.78. The fraction of sp³-hybridized carbons (Fsp3) is 0.462. The second-order valence-corrected chi connectivity index (χ2v) is 6.62. The van der Waals surface area contributed by atoms with Crippen molar-refractivity contribution in [3.8, 4) is 0 Å². The van der Waals surface area contributed by atoms with Crippen LogP contribution in [0, 0.1) is 0 Å². The van der Waals surface area contributed by atoms with Gasteiger partial charge in [0, 0.05) is 12.2 Å². The Labute approximate surface area is 118 Å². The van der Waals surface area contributed by atoms with Crippen LogP contribution in [0.15, 0.2) is 30.6 Å². The first kappa shape index (κ1) is 13.5. The number of hydrogen-bond donors (Lipinski definition) is 2. The van der Waals surface area contributed by atoms with Crippen molar-refractivity contribution in [1.29, 1.82) is 0 Å². The van der Waals surface area contributed by atoms with Crippen LogP contribution in [0.1, 0.15) is 31.5 Å². The molecular formula is C13H18N4O2S. The summed E-state index contributed by atoms with van der Waals surface area (Å²) in [5.41, 5.74) is 0.949. The lowest BCUT2D eigenvalue weighted by molar-refractivity contribution is 0.537. The first-order valence-electron chi connectivity index (χ1n) is 6.82. The zero-order valence-electron chi connectivity index (χ0n) is 11.1. The summed E-state index contributed by atoms with van der Waals surface area (Å²) in [6, 6.07) is 5.82. The number of rotatable bonds is 5. The lowest BCUT2D eigenvalue weighted by atomic mass is 10.3. The van der Waals surface area contributed by atoms with E-state index in [1.54, 1.807) is 6.20 Å². The predicted molar refractivity (Wildman–Crippen MR) is 76.3 cm³/mol. The molecule has 0 saturated heterocycles. The molecule has 1 saturated carbocycles. The van der Waals surface area contributed by atoms with Crippen molar-refractivity contribution in [2.45, 2.75) is 38.3 Å². The molecule has 7 heteroatoms. The molecule has 2 aromatic rings. The van der Waals surface area contributed by atoms with Crippen LogP contribution >= 0.6 is 0 Å². The van der Waals surface area contributed by atoms with E-state index < -0.39 is 10.2 Å². The molecule has 0 aliphatic heterocycles. The summed E-state index contributed by atoms with van der Waals surface area (Å²) in [4.78, 5) is 4.24. The fourth-order valence-electron chi connectivity index (χ4n) is 2.59. The highest BCUT2D eigenvalue weighted by atomic mass is 32.2. The van der Waals surface area contributed by atoms with Crippen LogP contribution in [0.4, 0.5) is 0 Å². The molecule has 3 rings (SSSR count). The average molecular weight is 294 g/mol. The number of fused-ring (bicyclic) bond motifs is 1. The molecule has 0 spiro atoms. The van der Waals surface area contributed by atoms with E-state index in [1.165, 1.54) is 0 Å². The van der Waals surface area contributed by atoms with Crippen LogP contribution < -0.4 is 9.44 Å². The molecule has 6 nitrogen and oxygen atoms in total. The molecule has 0 amide bonds. The van der Waals surface area contributed by atoms with Crippen LogP contribution in [-0.4, -0.2) is 23.8 Å². The number of hydrogen-bond acceptors (Lipinski definition) is 3. The van der Waals surface area contributed by atoms with Crippen molar-refractivity contribution in [2.75, 3.05) is 0 Å². The molecule has 1 aliphatic carbocycles. The highest BCUT2D eigenvalue weighted by Crippen LogP contribution is 2.18. The number of nitrogens with one attached hydrogen (secondary N) is 2. The quantitative estimate of drug-likeness (QED) is 0.870. The molecule has 2 aromatic heterocycles. The summed E-state index contributed by atoms with van der Waals surface area (Å²) in [5.74, 6) is 0.678. The highest BCUT2D eigenvalue weighted by molar-refractivity contribution is 7.87. The van der Waals surface area contributed by atoms with E-state index in [-0.39, 0.29) is 12.6 Å². The minimum Gasteiger partial charge on any atom is -0.303 e. The smallest absolute Gasteiger partial charge is 0.277 e. The summed E-state index contributed by atoms with van der Waals surface area (Å²) in [6.45, 7) is 0.181. The van der Waals surface area contributed by atoms with E-state index in [2.05, 4.69) is 14.4 Å². The number of imidazole rings is 1. The van der Waals surface area contributed by atoms with Gasteiger partial charge in [0.1, 0.15) is 5.82 Å². The summed E-state index contributed by atoms with van der Waals surface area (Å²) in [5, 5.41) is 0. The molecule has 0 aromatic carbocycles. The van der Waals surface area contributed by atoms with Gasteiger partial charge in [-0.2, -0.15) is 17.9 Å². The van der Waals surface area contributed by atoms with Crippen LogP contribution in [0.25, 0.3) is 5.52 Å². The van der Waals surface area contributed by atoms with Gasteiger partial charge in [-0.15, -0.1) is 0 Å². The molecule has 2 N–H and O–H groups in total. The van der Waals surface area contributed by atoms with E-state index in [0.29, 0.717) is 5.82 Å². The van der Waals surface area contributed by atoms with Gasteiger partial charge in [0.15, 0.2) is 0 Å². The van der Waals surface area contributed by atoms with Gasteiger partial charge in [-0.25, -0.2) is 4.98 Å². The Kier molecular flexibility index (Phi) is 3.73. The maximum atomic E-state index is 12.0. The zero-order chi connectivity index (χ0) is 14.0. The summed E-state index contributed by atoms with van der Waals surface area (Å²) >= 11 is 0. The number of aromatic nitrogens is 2. The molecule has 20 heavy (non-hydrogen) atoms. The van der Waals surface area contributed by atoms with Crippen molar-refractivity contribution in [3.05, 3.63) is 36.4 Å². The van der Waals surface area contributed by atoms with Crippen molar-refractivity contribution in [2.24, 2.45) is 0 Å². The monoisotopic (exact) mass is 294 g/mol. The largest absolute Gasteiger partial charge is 0.303 e. The van der Waals surface area contributed by atoms with Crippen molar-refractivity contribution >= 4 is 15.7 Å². The van der Waals surface area contributed by atoms with E-state index in [0.717, 1.165) is 31.2 Å². The van der Waals surface area contributed by atoms with Gasteiger partial charge < -0.3 is 4.40 Å². The molecule has 0 atom stereocenters. The Hall–Kier alpha value is -1.44. The first-order chi connectivity index (χ1) is 9.64. The summed E-state index contributed by atoms with van der Waals surface area (Å²) < 4.78 is 31.0. The van der Waals surface area contributed by atoms with Gasteiger partial charge in [-0.1, -0.05) is 18.9 Å².